The minimum absolute atomic E-state index is 0. The number of aliphatic carboxylic acids is 2. The summed E-state index contributed by atoms with van der Waals surface area (Å²) in [4.78, 5) is 19.9. The molecule has 0 saturated carbocycles. The molecule has 16 heavy (non-hydrogen) atoms. The number of hydrogen-bond acceptors (Lipinski definition) is 5. The van der Waals surface area contributed by atoms with Crippen LogP contribution in [0.25, 0.3) is 0 Å². The van der Waals surface area contributed by atoms with Crippen molar-refractivity contribution in [3.05, 3.63) is 0 Å². The van der Waals surface area contributed by atoms with Gasteiger partial charge >= 0.3 is 11.9 Å². The van der Waals surface area contributed by atoms with Gasteiger partial charge in [-0.2, -0.15) is 0 Å². The summed E-state index contributed by atoms with van der Waals surface area (Å²) in [5.74, 6) is -3.61. The smallest absolute Gasteiger partial charge is 0.335 e. The molecule has 0 amide bonds. The number of carbonyl (C=O) groups is 2. The van der Waals surface area contributed by atoms with Gasteiger partial charge in [-0.05, 0) is 0 Å². The topological polar surface area (TPSA) is 230 Å². The van der Waals surface area contributed by atoms with Crippen molar-refractivity contribution in [3.63, 3.8) is 0 Å². The maximum absolute atomic E-state index is 9.95. The van der Waals surface area contributed by atoms with Crippen LogP contribution in [-0.2, 0) is 9.59 Å². The summed E-state index contributed by atoms with van der Waals surface area (Å²) >= 11 is 0. The van der Waals surface area contributed by atoms with Crippen LogP contribution < -0.4 is 0 Å². The zero-order chi connectivity index (χ0) is 9.89. The normalized spacial score (nSPS) is 13.4. The Morgan fingerprint density at radius 3 is 1.06 bits per heavy atom. The van der Waals surface area contributed by atoms with E-state index < -0.39 is 30.3 Å². The van der Waals surface area contributed by atoms with Crippen LogP contribution in [0.2, 0.25) is 0 Å². The fourth-order valence-corrected chi connectivity index (χ4v) is 0.465. The number of rotatable bonds is 4. The van der Waals surface area contributed by atoms with Gasteiger partial charge in [0.05, 0.1) is 0 Å². The van der Waals surface area contributed by atoms with Crippen LogP contribution >= 0.6 is 0 Å². The number of hydrogen-bond donors (Lipinski definition) is 5. The van der Waals surface area contributed by atoms with E-state index in [0.717, 1.165) is 0 Å². The van der Waals surface area contributed by atoms with Crippen LogP contribution in [0.5, 0.6) is 0 Å². The van der Waals surface area contributed by atoms with Crippen LogP contribution in [-0.4, -0.2) is 96.6 Å². The minimum atomic E-state index is -2.31. The van der Waals surface area contributed by atoms with Gasteiger partial charge in [0.15, 0.2) is 12.2 Å². The molecule has 0 saturated heterocycles. The molecule has 3 atom stereocenters. The molecule has 1 unspecified atom stereocenters. The Kier molecular flexibility index (Phi) is 23.3. The maximum Gasteiger partial charge on any atom is 0.335 e. The SMILES string of the molecule is O.O.O.O=C(O)[C@@H](O)C(O)[C@@H](O)C(=O)O.[Sb]. The number of aliphatic hydroxyl groups is 3. The van der Waals surface area contributed by atoms with Crippen molar-refractivity contribution >= 4 is 36.4 Å². The third-order valence-electron chi connectivity index (χ3n) is 1.15. The van der Waals surface area contributed by atoms with Gasteiger partial charge in [0, 0.05) is 24.4 Å². The van der Waals surface area contributed by atoms with Crippen LogP contribution in [0.15, 0.2) is 0 Å². The van der Waals surface area contributed by atoms with E-state index in [4.69, 9.17) is 25.5 Å². The Balaban J connectivity index is -0.000000101. The molecule has 0 spiro atoms. The zero-order valence-corrected chi connectivity index (χ0v) is 10.3. The van der Waals surface area contributed by atoms with Crippen LogP contribution in [0.4, 0.5) is 0 Å². The third kappa shape index (κ3) is 8.80. The van der Waals surface area contributed by atoms with Gasteiger partial charge in [-0.1, -0.05) is 0 Å². The van der Waals surface area contributed by atoms with Crippen molar-refractivity contribution in [2.75, 3.05) is 0 Å². The zero-order valence-electron chi connectivity index (χ0n) is 7.73. The number of carboxylic acid groups (broad SMARTS) is 2. The first-order valence-corrected chi connectivity index (χ1v) is 2.87. The Morgan fingerprint density at radius 2 is 0.938 bits per heavy atom. The second kappa shape index (κ2) is 12.6. The van der Waals surface area contributed by atoms with Crippen molar-refractivity contribution in [1.29, 1.82) is 0 Å². The molecular weight excluding hydrogens is 342 g/mol. The van der Waals surface area contributed by atoms with Gasteiger partial charge in [-0.25, -0.2) is 9.59 Å². The molecule has 0 heterocycles. The van der Waals surface area contributed by atoms with Crippen molar-refractivity contribution in [3.8, 4) is 0 Å². The van der Waals surface area contributed by atoms with E-state index in [9.17, 15) is 9.59 Å². The molecule has 0 aromatic heterocycles. The third-order valence-corrected chi connectivity index (χ3v) is 1.15. The van der Waals surface area contributed by atoms with E-state index in [1.54, 1.807) is 0 Å². The second-order valence-corrected chi connectivity index (χ2v) is 2.06. The monoisotopic (exact) mass is 355 g/mol. The van der Waals surface area contributed by atoms with Gasteiger partial charge in [0.25, 0.3) is 0 Å². The van der Waals surface area contributed by atoms with E-state index in [1.807, 2.05) is 0 Å². The van der Waals surface area contributed by atoms with Crippen molar-refractivity contribution in [1.82, 2.24) is 0 Å². The van der Waals surface area contributed by atoms with Gasteiger partial charge in [-0.3, -0.25) is 0 Å². The fourth-order valence-electron chi connectivity index (χ4n) is 0.465. The van der Waals surface area contributed by atoms with Crippen LogP contribution in [0.1, 0.15) is 0 Å². The molecule has 0 aromatic rings. The largest absolute Gasteiger partial charge is 0.479 e. The number of aliphatic hydroxyl groups excluding tert-OH is 3. The molecule has 0 rings (SSSR count). The Morgan fingerprint density at radius 1 is 0.750 bits per heavy atom. The fraction of sp³-hybridized carbons (Fsp3) is 0.600. The summed E-state index contributed by atoms with van der Waals surface area (Å²) < 4.78 is 0. The first-order valence-electron chi connectivity index (χ1n) is 2.87. The first-order chi connectivity index (χ1) is 5.37. The summed E-state index contributed by atoms with van der Waals surface area (Å²) in [5, 5.41) is 41.9. The first kappa shape index (κ1) is 29.6. The van der Waals surface area contributed by atoms with E-state index in [-0.39, 0.29) is 40.9 Å². The Bertz CT molecular complexity index is 176. The quantitative estimate of drug-likeness (QED) is 0.306. The van der Waals surface area contributed by atoms with E-state index >= 15 is 0 Å². The van der Waals surface area contributed by atoms with Crippen molar-refractivity contribution < 1.29 is 51.6 Å². The molecule has 10 nitrogen and oxygen atoms in total. The van der Waals surface area contributed by atoms with E-state index in [0.29, 0.717) is 0 Å². The summed E-state index contributed by atoms with van der Waals surface area (Å²) in [6.07, 6.45) is -6.85. The number of carboxylic acids is 2. The molecule has 11 N–H and O–H groups in total. The molecule has 0 aliphatic rings. The van der Waals surface area contributed by atoms with Crippen molar-refractivity contribution in [2.24, 2.45) is 0 Å². The molecule has 0 aliphatic carbocycles. The van der Waals surface area contributed by atoms with E-state index in [2.05, 4.69) is 0 Å². The summed E-state index contributed by atoms with van der Waals surface area (Å²) in [6, 6.07) is 0. The van der Waals surface area contributed by atoms with E-state index in [1.165, 1.54) is 0 Å². The molecule has 0 fully saturated rings. The predicted molar refractivity (Wildman–Crippen MR) is 49.9 cm³/mol. The summed E-state index contributed by atoms with van der Waals surface area (Å²) in [6.45, 7) is 0. The Hall–Kier alpha value is -0.482. The average molecular weight is 356 g/mol. The molecule has 3 radical (unpaired) electrons. The van der Waals surface area contributed by atoms with Crippen LogP contribution in [0.3, 0.4) is 0 Å². The molecule has 11 heteroatoms. The average Bonchev–Trinajstić information content (AvgIpc) is 2.00. The molecular formula is C5H14O10Sb. The standard InChI is InChI=1S/C5H8O7.3H2O.Sb/c6-1(2(7)4(9)10)3(8)5(11)12;;;;/h1-3,6-8H,(H,9,10)(H,11,12);3*1H2;/t1?,2-,3+;;;;. The summed E-state index contributed by atoms with van der Waals surface area (Å²) in [5.41, 5.74) is 0. The second-order valence-electron chi connectivity index (χ2n) is 2.06. The molecule has 99 valence electrons. The van der Waals surface area contributed by atoms with Crippen LogP contribution in [0, 0.1) is 0 Å². The minimum Gasteiger partial charge on any atom is -0.479 e. The maximum atomic E-state index is 9.95. The molecule has 0 bridgehead atoms. The van der Waals surface area contributed by atoms with Gasteiger partial charge in [-0.15, -0.1) is 0 Å². The van der Waals surface area contributed by atoms with Gasteiger partial charge in [0.1, 0.15) is 6.10 Å². The van der Waals surface area contributed by atoms with Gasteiger partial charge < -0.3 is 42.0 Å². The molecule has 0 aliphatic heterocycles. The summed E-state index contributed by atoms with van der Waals surface area (Å²) in [7, 11) is 0. The Labute approximate surface area is 107 Å². The molecule has 0 aromatic carbocycles. The van der Waals surface area contributed by atoms with Crippen molar-refractivity contribution in [2.45, 2.75) is 18.3 Å². The van der Waals surface area contributed by atoms with Gasteiger partial charge in [0.2, 0.25) is 0 Å². The predicted octanol–water partition coefficient (Wildman–Crippen LogP) is -5.62.